The van der Waals surface area contributed by atoms with Crippen molar-refractivity contribution in [3.05, 3.63) is 95.7 Å². The standard InChI is InChI=1S/C23H16F2N2O3/c1-30-19-5-3-2-4-18(19)27-22(28)20(14-6-8-15(24)9-7-14)21(23(27)29)26-17-12-10-16(25)11-13-17/h2-13,26H,1H3. The summed E-state index contributed by atoms with van der Waals surface area (Å²) in [7, 11) is 1.44. The molecule has 1 N–H and O–H groups in total. The van der Waals surface area contributed by atoms with Gasteiger partial charge in [-0.25, -0.2) is 13.7 Å². The Bertz CT molecular complexity index is 1160. The highest BCUT2D eigenvalue weighted by molar-refractivity contribution is 6.46. The summed E-state index contributed by atoms with van der Waals surface area (Å²) in [6.45, 7) is 0. The quantitative estimate of drug-likeness (QED) is 0.640. The van der Waals surface area contributed by atoms with Gasteiger partial charge in [0.15, 0.2) is 0 Å². The fraction of sp³-hybridized carbons (Fsp3) is 0.0435. The van der Waals surface area contributed by atoms with E-state index in [0.29, 0.717) is 17.0 Å². The average Bonchev–Trinajstić information content (AvgIpc) is 3.00. The molecule has 0 saturated heterocycles. The lowest BCUT2D eigenvalue weighted by molar-refractivity contribution is -0.120. The number of carbonyl (C=O) groups is 2. The predicted octanol–water partition coefficient (Wildman–Crippen LogP) is 4.37. The summed E-state index contributed by atoms with van der Waals surface area (Å²) in [6, 6.07) is 17.3. The molecule has 150 valence electrons. The zero-order chi connectivity index (χ0) is 21.3. The van der Waals surface area contributed by atoms with E-state index in [2.05, 4.69) is 5.32 Å². The second-order valence-corrected chi connectivity index (χ2v) is 6.51. The molecule has 1 heterocycles. The Balaban J connectivity index is 1.83. The Morgan fingerprint density at radius 2 is 1.40 bits per heavy atom. The van der Waals surface area contributed by atoms with Crippen molar-refractivity contribution in [2.75, 3.05) is 17.3 Å². The smallest absolute Gasteiger partial charge is 0.282 e. The van der Waals surface area contributed by atoms with Crippen molar-refractivity contribution in [2.45, 2.75) is 0 Å². The molecule has 0 aromatic heterocycles. The van der Waals surface area contributed by atoms with Crippen LogP contribution in [0.25, 0.3) is 5.57 Å². The van der Waals surface area contributed by atoms with Crippen molar-refractivity contribution in [1.29, 1.82) is 0 Å². The Labute approximate surface area is 171 Å². The molecule has 3 aromatic rings. The number of methoxy groups -OCH3 is 1. The van der Waals surface area contributed by atoms with Crippen molar-refractivity contribution in [1.82, 2.24) is 0 Å². The van der Waals surface area contributed by atoms with Crippen LogP contribution in [0.4, 0.5) is 20.2 Å². The van der Waals surface area contributed by atoms with Gasteiger partial charge in [-0.1, -0.05) is 24.3 Å². The summed E-state index contributed by atoms with van der Waals surface area (Å²) in [6.07, 6.45) is 0. The van der Waals surface area contributed by atoms with Crippen LogP contribution < -0.4 is 15.0 Å². The summed E-state index contributed by atoms with van der Waals surface area (Å²) < 4.78 is 32.0. The number of para-hydroxylation sites is 2. The highest BCUT2D eigenvalue weighted by atomic mass is 19.1. The second-order valence-electron chi connectivity index (χ2n) is 6.51. The molecule has 4 rings (SSSR count). The van der Waals surface area contributed by atoms with Gasteiger partial charge in [0, 0.05) is 5.69 Å². The van der Waals surface area contributed by atoms with Gasteiger partial charge in [-0.05, 0) is 54.1 Å². The Hall–Kier alpha value is -4.00. The lowest BCUT2D eigenvalue weighted by atomic mass is 10.0. The van der Waals surface area contributed by atoms with E-state index in [-0.39, 0.29) is 17.0 Å². The SMILES string of the molecule is COc1ccccc1N1C(=O)C(Nc2ccc(F)cc2)=C(c2ccc(F)cc2)C1=O. The number of halogens is 2. The van der Waals surface area contributed by atoms with Crippen molar-refractivity contribution < 1.29 is 23.1 Å². The summed E-state index contributed by atoms with van der Waals surface area (Å²) in [5, 5.41) is 2.92. The van der Waals surface area contributed by atoms with E-state index in [1.54, 1.807) is 24.3 Å². The first kappa shape index (κ1) is 19.3. The number of amides is 2. The van der Waals surface area contributed by atoms with E-state index >= 15 is 0 Å². The molecule has 1 aliphatic rings. The summed E-state index contributed by atoms with van der Waals surface area (Å²) in [5.41, 5.74) is 1.16. The van der Waals surface area contributed by atoms with Crippen molar-refractivity contribution in [3.8, 4) is 5.75 Å². The highest BCUT2D eigenvalue weighted by Crippen LogP contribution is 2.37. The third-order valence-electron chi connectivity index (χ3n) is 4.66. The molecule has 0 radical (unpaired) electrons. The molecular weight excluding hydrogens is 390 g/mol. The lowest BCUT2D eigenvalue weighted by Crippen LogP contribution is -2.32. The van der Waals surface area contributed by atoms with Crippen LogP contribution in [0.1, 0.15) is 5.56 Å². The molecule has 0 saturated carbocycles. The number of nitrogens with one attached hydrogen (secondary N) is 1. The summed E-state index contributed by atoms with van der Waals surface area (Å²) in [4.78, 5) is 27.6. The van der Waals surface area contributed by atoms with Crippen LogP contribution in [0.15, 0.2) is 78.5 Å². The fourth-order valence-electron chi connectivity index (χ4n) is 3.24. The number of hydrogen-bond donors (Lipinski definition) is 1. The van der Waals surface area contributed by atoms with Crippen LogP contribution >= 0.6 is 0 Å². The van der Waals surface area contributed by atoms with E-state index in [1.165, 1.54) is 55.6 Å². The van der Waals surface area contributed by atoms with E-state index in [9.17, 15) is 18.4 Å². The molecule has 0 bridgehead atoms. The van der Waals surface area contributed by atoms with E-state index in [1.807, 2.05) is 0 Å². The normalized spacial score (nSPS) is 13.8. The molecule has 30 heavy (non-hydrogen) atoms. The summed E-state index contributed by atoms with van der Waals surface area (Å²) in [5.74, 6) is -1.74. The van der Waals surface area contributed by atoms with E-state index in [0.717, 1.165) is 4.90 Å². The topological polar surface area (TPSA) is 58.6 Å². The largest absolute Gasteiger partial charge is 0.495 e. The van der Waals surface area contributed by atoms with Crippen molar-refractivity contribution >= 4 is 28.8 Å². The molecule has 5 nitrogen and oxygen atoms in total. The molecule has 1 aliphatic heterocycles. The van der Waals surface area contributed by atoms with Crippen LogP contribution in [0.5, 0.6) is 5.75 Å². The first-order valence-corrected chi connectivity index (χ1v) is 9.04. The monoisotopic (exact) mass is 406 g/mol. The lowest BCUT2D eigenvalue weighted by Gasteiger charge is -2.18. The maximum Gasteiger partial charge on any atom is 0.282 e. The van der Waals surface area contributed by atoms with Gasteiger partial charge in [-0.2, -0.15) is 0 Å². The number of anilines is 2. The van der Waals surface area contributed by atoms with Crippen LogP contribution in [0.3, 0.4) is 0 Å². The molecule has 0 unspecified atom stereocenters. The number of carbonyl (C=O) groups excluding carboxylic acids is 2. The number of imide groups is 1. The molecule has 0 fully saturated rings. The minimum Gasteiger partial charge on any atom is -0.495 e. The van der Waals surface area contributed by atoms with E-state index in [4.69, 9.17) is 4.74 Å². The zero-order valence-corrected chi connectivity index (χ0v) is 15.9. The number of benzene rings is 3. The molecular formula is C23H16F2N2O3. The van der Waals surface area contributed by atoms with Gasteiger partial charge in [-0.15, -0.1) is 0 Å². The van der Waals surface area contributed by atoms with Gasteiger partial charge in [0.05, 0.1) is 18.4 Å². The number of ether oxygens (including phenoxy) is 1. The maximum absolute atomic E-state index is 13.4. The van der Waals surface area contributed by atoms with Crippen LogP contribution in [0, 0.1) is 11.6 Å². The van der Waals surface area contributed by atoms with Gasteiger partial charge >= 0.3 is 0 Å². The number of nitrogens with zero attached hydrogens (tertiary/aromatic N) is 1. The Morgan fingerprint density at radius 3 is 2.03 bits per heavy atom. The first-order chi connectivity index (χ1) is 14.5. The molecule has 7 heteroatoms. The first-order valence-electron chi connectivity index (χ1n) is 9.04. The van der Waals surface area contributed by atoms with Gasteiger partial charge in [0.1, 0.15) is 23.1 Å². The molecule has 0 atom stereocenters. The third-order valence-corrected chi connectivity index (χ3v) is 4.66. The van der Waals surface area contributed by atoms with Crippen LogP contribution in [0.2, 0.25) is 0 Å². The minimum absolute atomic E-state index is 0.00382. The zero-order valence-electron chi connectivity index (χ0n) is 15.9. The van der Waals surface area contributed by atoms with Crippen molar-refractivity contribution in [2.24, 2.45) is 0 Å². The van der Waals surface area contributed by atoms with Crippen molar-refractivity contribution in [3.63, 3.8) is 0 Å². The van der Waals surface area contributed by atoms with Gasteiger partial charge in [-0.3, -0.25) is 9.59 Å². The minimum atomic E-state index is -0.604. The third kappa shape index (κ3) is 3.41. The summed E-state index contributed by atoms with van der Waals surface area (Å²) >= 11 is 0. The van der Waals surface area contributed by atoms with Crippen LogP contribution in [-0.2, 0) is 9.59 Å². The van der Waals surface area contributed by atoms with Gasteiger partial charge < -0.3 is 10.1 Å². The number of hydrogen-bond acceptors (Lipinski definition) is 4. The van der Waals surface area contributed by atoms with Gasteiger partial charge in [0.2, 0.25) is 0 Å². The molecule has 2 amide bonds. The van der Waals surface area contributed by atoms with Crippen LogP contribution in [-0.4, -0.2) is 18.9 Å². The highest BCUT2D eigenvalue weighted by Gasteiger charge is 2.41. The molecule has 0 aliphatic carbocycles. The Kier molecular flexibility index (Phi) is 5.02. The fourth-order valence-corrected chi connectivity index (χ4v) is 3.24. The molecule has 0 spiro atoms. The Morgan fingerprint density at radius 1 is 0.800 bits per heavy atom. The predicted molar refractivity (Wildman–Crippen MR) is 109 cm³/mol. The maximum atomic E-state index is 13.4. The van der Waals surface area contributed by atoms with Gasteiger partial charge in [0.25, 0.3) is 11.8 Å². The van der Waals surface area contributed by atoms with E-state index < -0.39 is 23.4 Å². The second kappa shape index (κ2) is 7.79. The average molecular weight is 406 g/mol. The number of rotatable bonds is 5. The molecule has 3 aromatic carbocycles.